The average molecular weight is 291 g/mol. The summed E-state index contributed by atoms with van der Waals surface area (Å²) in [4.78, 5) is 0. The number of halogens is 2. The first-order valence-corrected chi connectivity index (χ1v) is 6.62. The van der Waals surface area contributed by atoms with Gasteiger partial charge in [0.15, 0.2) is 0 Å². The Bertz CT molecular complexity index is 521. The minimum absolute atomic E-state index is 0.554. The molecule has 0 bridgehead atoms. The summed E-state index contributed by atoms with van der Waals surface area (Å²) in [6.07, 6.45) is 0. The van der Waals surface area contributed by atoms with E-state index in [0.717, 1.165) is 11.1 Å². The predicted molar refractivity (Wildman–Crippen MR) is 81.6 cm³/mol. The molecule has 2 aromatic rings. The van der Waals surface area contributed by atoms with Crippen molar-refractivity contribution < 1.29 is 4.74 Å². The van der Waals surface area contributed by atoms with Gasteiger partial charge in [-0.1, -0.05) is 83.9 Å². The first-order chi connectivity index (χ1) is 9.35. The number of rotatable bonds is 4. The van der Waals surface area contributed by atoms with E-state index in [1.165, 1.54) is 11.1 Å². The number of ether oxygens (including phenoxy) is 1. The van der Waals surface area contributed by atoms with Crippen LogP contribution < -0.4 is 0 Å². The van der Waals surface area contributed by atoms with Crippen molar-refractivity contribution in [3.8, 4) is 0 Å². The van der Waals surface area contributed by atoms with Crippen LogP contribution in [0, 0.1) is 0 Å². The van der Waals surface area contributed by atoms with Gasteiger partial charge in [-0.2, -0.15) is 0 Å². The Morgan fingerprint density at radius 2 is 1.05 bits per heavy atom. The maximum Gasteiger partial charge on any atom is 0.145 e. The molecule has 96 valence electrons. The summed E-state index contributed by atoms with van der Waals surface area (Å²) < 4.78 is 5.78. The zero-order chi connectivity index (χ0) is 13.5. The fraction of sp³-hybridized carbons (Fsp3) is 0. The van der Waals surface area contributed by atoms with Crippen LogP contribution in [0.1, 0.15) is 11.1 Å². The number of hydrogen-bond acceptors (Lipinski definition) is 1. The standard InChI is InChI=1S/C16H12Cl2O/c17-11-15(13-7-3-1-4-8-13)19-16(12-18)14-9-5-2-6-10-14/h1-12H/b15-11+,16-12+. The number of hydrogen-bond donors (Lipinski definition) is 0. The lowest BCUT2D eigenvalue weighted by atomic mass is 10.2. The first-order valence-electron chi connectivity index (χ1n) is 5.74. The molecule has 0 spiro atoms. The van der Waals surface area contributed by atoms with Crippen molar-refractivity contribution in [1.82, 2.24) is 0 Å². The van der Waals surface area contributed by atoms with Crippen molar-refractivity contribution in [1.29, 1.82) is 0 Å². The van der Waals surface area contributed by atoms with Crippen molar-refractivity contribution in [2.24, 2.45) is 0 Å². The Labute approximate surface area is 122 Å². The lowest BCUT2D eigenvalue weighted by molar-refractivity contribution is 0.472. The van der Waals surface area contributed by atoms with Gasteiger partial charge in [0, 0.05) is 22.2 Å². The number of benzene rings is 2. The lowest BCUT2D eigenvalue weighted by Gasteiger charge is -2.12. The van der Waals surface area contributed by atoms with Crippen LogP contribution in [0.2, 0.25) is 0 Å². The molecule has 0 saturated heterocycles. The quantitative estimate of drug-likeness (QED) is 0.678. The van der Waals surface area contributed by atoms with E-state index >= 15 is 0 Å². The normalized spacial score (nSPS) is 12.3. The van der Waals surface area contributed by atoms with Crippen molar-refractivity contribution in [3.63, 3.8) is 0 Å². The summed E-state index contributed by atoms with van der Waals surface area (Å²) in [5.41, 5.74) is 4.59. The molecule has 0 saturated carbocycles. The minimum atomic E-state index is 0.554. The van der Waals surface area contributed by atoms with Crippen LogP contribution in [0.3, 0.4) is 0 Å². The third kappa shape index (κ3) is 3.63. The van der Waals surface area contributed by atoms with Gasteiger partial charge in [0.25, 0.3) is 0 Å². The SMILES string of the molecule is Cl/C=C(/O/C(=C/Cl)c1ccccc1)c1ccccc1. The molecule has 19 heavy (non-hydrogen) atoms. The molecule has 0 unspecified atom stereocenters. The van der Waals surface area contributed by atoms with Gasteiger partial charge >= 0.3 is 0 Å². The van der Waals surface area contributed by atoms with E-state index in [1.54, 1.807) is 0 Å². The smallest absolute Gasteiger partial charge is 0.145 e. The van der Waals surface area contributed by atoms with Gasteiger partial charge in [-0.3, -0.25) is 0 Å². The Kier molecular flexibility index (Phi) is 5.08. The molecule has 2 rings (SSSR count). The molecule has 2 aromatic carbocycles. The molecule has 0 aliphatic heterocycles. The highest BCUT2D eigenvalue weighted by atomic mass is 35.5. The van der Waals surface area contributed by atoms with Crippen molar-refractivity contribution in [2.75, 3.05) is 0 Å². The maximum absolute atomic E-state index is 5.83. The zero-order valence-corrected chi connectivity index (χ0v) is 11.6. The van der Waals surface area contributed by atoms with Gasteiger partial charge in [-0.05, 0) is 0 Å². The van der Waals surface area contributed by atoms with E-state index in [-0.39, 0.29) is 0 Å². The van der Waals surface area contributed by atoms with Crippen LogP contribution in [-0.2, 0) is 4.74 Å². The second-order valence-electron chi connectivity index (χ2n) is 3.78. The van der Waals surface area contributed by atoms with E-state index in [0.29, 0.717) is 11.5 Å². The minimum Gasteiger partial charge on any atom is -0.454 e. The molecular weight excluding hydrogens is 279 g/mol. The van der Waals surface area contributed by atoms with E-state index in [4.69, 9.17) is 27.9 Å². The van der Waals surface area contributed by atoms with Gasteiger partial charge < -0.3 is 4.74 Å². The molecule has 1 nitrogen and oxygen atoms in total. The largest absolute Gasteiger partial charge is 0.454 e. The molecule has 3 heteroatoms. The van der Waals surface area contributed by atoms with Gasteiger partial charge in [0.2, 0.25) is 0 Å². The summed E-state index contributed by atoms with van der Waals surface area (Å²) in [7, 11) is 0. The summed E-state index contributed by atoms with van der Waals surface area (Å²) in [5, 5.41) is 0. The summed E-state index contributed by atoms with van der Waals surface area (Å²) in [6, 6.07) is 19.2. The van der Waals surface area contributed by atoms with Gasteiger partial charge in [0.05, 0.1) is 0 Å². The molecule has 0 amide bonds. The second-order valence-corrected chi connectivity index (χ2v) is 4.22. The first kappa shape index (κ1) is 13.7. The highest BCUT2D eigenvalue weighted by molar-refractivity contribution is 6.29. The van der Waals surface area contributed by atoms with E-state index in [1.807, 2.05) is 60.7 Å². The van der Waals surface area contributed by atoms with Gasteiger partial charge in [-0.15, -0.1) is 0 Å². The average Bonchev–Trinajstić information content (AvgIpc) is 2.50. The Morgan fingerprint density at radius 1 is 0.684 bits per heavy atom. The molecule has 0 aliphatic rings. The van der Waals surface area contributed by atoms with Crippen LogP contribution in [0.25, 0.3) is 11.5 Å². The van der Waals surface area contributed by atoms with Gasteiger partial charge in [0.1, 0.15) is 11.5 Å². The van der Waals surface area contributed by atoms with Crippen molar-refractivity contribution in [3.05, 3.63) is 82.9 Å². The summed E-state index contributed by atoms with van der Waals surface area (Å²) >= 11 is 11.7. The third-order valence-electron chi connectivity index (χ3n) is 2.53. The van der Waals surface area contributed by atoms with Crippen LogP contribution >= 0.6 is 23.2 Å². The van der Waals surface area contributed by atoms with Crippen molar-refractivity contribution in [2.45, 2.75) is 0 Å². The molecule has 0 N–H and O–H groups in total. The van der Waals surface area contributed by atoms with Crippen LogP contribution in [-0.4, -0.2) is 0 Å². The molecule has 0 radical (unpaired) electrons. The van der Waals surface area contributed by atoms with Crippen molar-refractivity contribution >= 4 is 34.7 Å². The highest BCUT2D eigenvalue weighted by Gasteiger charge is 2.07. The molecule has 0 aromatic heterocycles. The highest BCUT2D eigenvalue weighted by Crippen LogP contribution is 2.26. The Morgan fingerprint density at radius 3 is 1.37 bits per heavy atom. The molecule has 0 fully saturated rings. The molecule has 0 aliphatic carbocycles. The van der Waals surface area contributed by atoms with E-state index in [2.05, 4.69) is 0 Å². The molecule has 0 atom stereocenters. The molecule has 0 heterocycles. The van der Waals surface area contributed by atoms with Gasteiger partial charge in [-0.25, -0.2) is 0 Å². The maximum atomic E-state index is 5.83. The predicted octanol–water partition coefficient (Wildman–Crippen LogP) is 5.48. The fourth-order valence-electron chi connectivity index (χ4n) is 1.61. The monoisotopic (exact) mass is 290 g/mol. The summed E-state index contributed by atoms with van der Waals surface area (Å²) in [6.45, 7) is 0. The van der Waals surface area contributed by atoms with E-state index < -0.39 is 0 Å². The third-order valence-corrected chi connectivity index (χ3v) is 2.93. The van der Waals surface area contributed by atoms with Crippen LogP contribution in [0.4, 0.5) is 0 Å². The Balaban J connectivity index is 2.24. The zero-order valence-electron chi connectivity index (χ0n) is 10.1. The second kappa shape index (κ2) is 7.03. The lowest BCUT2D eigenvalue weighted by Crippen LogP contribution is -1.92. The van der Waals surface area contributed by atoms with Crippen LogP contribution in [0.5, 0.6) is 0 Å². The van der Waals surface area contributed by atoms with Crippen LogP contribution in [0.15, 0.2) is 71.7 Å². The summed E-state index contributed by atoms with van der Waals surface area (Å²) in [5.74, 6) is 1.11. The molecular formula is C16H12Cl2O. The topological polar surface area (TPSA) is 9.23 Å². The fourth-order valence-corrected chi connectivity index (χ4v) is 1.95. The Hall–Kier alpha value is -1.70. The van der Waals surface area contributed by atoms with E-state index in [9.17, 15) is 0 Å².